The fraction of sp³-hybridized carbons (Fsp3) is 0.353. The Morgan fingerprint density at radius 3 is 2.64 bits per heavy atom. The molecular weight excluding hydrogens is 338 g/mol. The van der Waals surface area contributed by atoms with Crippen LogP contribution in [-0.2, 0) is 6.54 Å². The first-order chi connectivity index (χ1) is 12.1. The fourth-order valence-electron chi connectivity index (χ4n) is 3.01. The molecule has 2 aromatic heterocycles. The first-order valence-electron chi connectivity index (χ1n) is 8.12. The van der Waals surface area contributed by atoms with E-state index in [0.717, 1.165) is 5.56 Å². The summed E-state index contributed by atoms with van der Waals surface area (Å²) in [7, 11) is 0. The average Bonchev–Trinajstić information content (AvgIpc) is 3.18. The molecule has 1 fully saturated rings. The molecule has 3 heterocycles. The highest BCUT2D eigenvalue weighted by Gasteiger charge is 2.41. The first kappa shape index (κ1) is 16.3. The maximum Gasteiger partial charge on any atom is 0.166 e. The number of rotatable bonds is 4. The zero-order valence-electron chi connectivity index (χ0n) is 13.6. The highest BCUT2D eigenvalue weighted by molar-refractivity contribution is 8.00. The van der Waals surface area contributed by atoms with Crippen LogP contribution in [0.4, 0.5) is 5.82 Å². The fourth-order valence-corrected chi connectivity index (χ4v) is 4.38. The van der Waals surface area contributed by atoms with E-state index < -0.39 is 12.2 Å². The highest BCUT2D eigenvalue weighted by Crippen LogP contribution is 2.42. The molecule has 3 N–H and O–H groups in total. The number of benzene rings is 1. The van der Waals surface area contributed by atoms with E-state index in [1.165, 1.54) is 18.1 Å². The van der Waals surface area contributed by atoms with Crippen LogP contribution in [0.2, 0.25) is 0 Å². The first-order valence-corrected chi connectivity index (χ1v) is 9.06. The second-order valence-electron chi connectivity index (χ2n) is 6.10. The Kier molecular flexibility index (Phi) is 4.32. The van der Waals surface area contributed by atoms with Gasteiger partial charge in [-0.3, -0.25) is 4.57 Å². The smallest absolute Gasteiger partial charge is 0.166 e. The van der Waals surface area contributed by atoms with Crippen molar-refractivity contribution in [3.05, 3.63) is 48.5 Å². The Balaban J connectivity index is 1.62. The molecule has 1 aromatic carbocycles. The van der Waals surface area contributed by atoms with Gasteiger partial charge in [0, 0.05) is 11.8 Å². The molecule has 7 nitrogen and oxygen atoms in total. The van der Waals surface area contributed by atoms with Crippen molar-refractivity contribution in [2.45, 2.75) is 36.3 Å². The molecule has 0 spiro atoms. The van der Waals surface area contributed by atoms with Gasteiger partial charge in [-0.15, -0.1) is 11.8 Å². The van der Waals surface area contributed by atoms with E-state index >= 15 is 0 Å². The van der Waals surface area contributed by atoms with E-state index in [2.05, 4.69) is 20.3 Å². The number of hydrogen-bond acceptors (Lipinski definition) is 7. The number of aliphatic hydroxyl groups excluding tert-OH is 2. The monoisotopic (exact) mass is 357 g/mol. The number of imidazole rings is 1. The second-order valence-corrected chi connectivity index (χ2v) is 7.60. The van der Waals surface area contributed by atoms with E-state index in [9.17, 15) is 10.2 Å². The van der Waals surface area contributed by atoms with Gasteiger partial charge in [0.25, 0.3) is 0 Å². The largest absolute Gasteiger partial charge is 0.389 e. The summed E-state index contributed by atoms with van der Waals surface area (Å²) in [5.74, 6) is 0.652. The molecule has 0 radical (unpaired) electrons. The highest BCUT2D eigenvalue weighted by atomic mass is 32.2. The lowest BCUT2D eigenvalue weighted by atomic mass is 10.1. The van der Waals surface area contributed by atoms with Gasteiger partial charge in [-0.05, 0) is 5.56 Å². The van der Waals surface area contributed by atoms with E-state index in [1.54, 1.807) is 6.33 Å². The quantitative estimate of drug-likeness (QED) is 0.655. The van der Waals surface area contributed by atoms with Crippen molar-refractivity contribution in [1.82, 2.24) is 19.5 Å². The number of fused-ring (bicyclic) bond motifs is 1. The van der Waals surface area contributed by atoms with Gasteiger partial charge in [-0.1, -0.05) is 37.3 Å². The van der Waals surface area contributed by atoms with E-state index in [4.69, 9.17) is 0 Å². The summed E-state index contributed by atoms with van der Waals surface area (Å²) in [6.45, 7) is 2.54. The molecule has 0 saturated carbocycles. The molecule has 1 aliphatic rings. The standard InChI is InChI=1S/C17H19N5O2S/c1-10-13(23)14(24)17(25-10)22-9-21-12-15(19-8-20-16(12)22)18-7-11-5-3-2-4-6-11/h2-6,8-10,13-14,17,23-24H,7H2,1H3,(H,18,19,20)/t10-,13+,14+,17-/m0/s1. The van der Waals surface area contributed by atoms with Crippen LogP contribution in [0.3, 0.4) is 0 Å². The minimum atomic E-state index is -0.854. The number of aromatic nitrogens is 4. The van der Waals surface area contributed by atoms with Crippen LogP contribution in [0.5, 0.6) is 0 Å². The van der Waals surface area contributed by atoms with Crippen LogP contribution in [0, 0.1) is 0 Å². The summed E-state index contributed by atoms with van der Waals surface area (Å²) in [5.41, 5.74) is 2.44. The van der Waals surface area contributed by atoms with Crippen LogP contribution < -0.4 is 5.32 Å². The topological polar surface area (TPSA) is 96.1 Å². The zero-order valence-corrected chi connectivity index (χ0v) is 14.5. The van der Waals surface area contributed by atoms with Gasteiger partial charge in [-0.2, -0.15) is 0 Å². The zero-order chi connectivity index (χ0) is 17.4. The van der Waals surface area contributed by atoms with Gasteiger partial charge < -0.3 is 15.5 Å². The second kappa shape index (κ2) is 6.62. The van der Waals surface area contributed by atoms with Crippen molar-refractivity contribution >= 4 is 28.7 Å². The molecule has 25 heavy (non-hydrogen) atoms. The van der Waals surface area contributed by atoms with Gasteiger partial charge in [0.2, 0.25) is 0 Å². The molecule has 0 bridgehead atoms. The number of nitrogens with zero attached hydrogens (tertiary/aromatic N) is 4. The lowest BCUT2D eigenvalue weighted by molar-refractivity contribution is 0.0206. The van der Waals surface area contributed by atoms with Crippen molar-refractivity contribution in [3.63, 3.8) is 0 Å². The predicted octanol–water partition coefficient (Wildman–Crippen LogP) is 1.79. The number of nitrogens with one attached hydrogen (secondary N) is 1. The van der Waals surface area contributed by atoms with Crippen molar-refractivity contribution in [2.75, 3.05) is 5.32 Å². The Hall–Kier alpha value is -2.16. The molecule has 3 aromatic rings. The molecule has 0 aliphatic carbocycles. The third kappa shape index (κ3) is 2.97. The molecule has 0 unspecified atom stereocenters. The molecule has 130 valence electrons. The van der Waals surface area contributed by atoms with Crippen molar-refractivity contribution in [3.8, 4) is 0 Å². The van der Waals surface area contributed by atoms with Gasteiger partial charge >= 0.3 is 0 Å². The van der Waals surface area contributed by atoms with E-state index in [1.807, 2.05) is 41.8 Å². The third-order valence-corrected chi connectivity index (χ3v) is 5.91. The Morgan fingerprint density at radius 2 is 1.92 bits per heavy atom. The summed E-state index contributed by atoms with van der Waals surface area (Å²) in [5, 5.41) is 23.3. The van der Waals surface area contributed by atoms with Gasteiger partial charge in [-0.25, -0.2) is 15.0 Å². The Bertz CT molecular complexity index is 872. The normalized spacial score (nSPS) is 26.2. The summed E-state index contributed by atoms with van der Waals surface area (Å²) in [4.78, 5) is 13.1. The molecular formula is C17H19N5O2S. The van der Waals surface area contributed by atoms with Crippen molar-refractivity contribution in [1.29, 1.82) is 0 Å². The van der Waals surface area contributed by atoms with Crippen molar-refractivity contribution < 1.29 is 10.2 Å². The summed E-state index contributed by atoms with van der Waals surface area (Å²) >= 11 is 1.51. The number of aliphatic hydroxyl groups is 2. The van der Waals surface area contributed by atoms with E-state index in [-0.39, 0.29) is 10.6 Å². The molecule has 1 saturated heterocycles. The molecule has 8 heteroatoms. The maximum absolute atomic E-state index is 10.3. The summed E-state index contributed by atoms with van der Waals surface area (Å²) in [6, 6.07) is 10.0. The van der Waals surface area contributed by atoms with Crippen LogP contribution in [0.1, 0.15) is 17.9 Å². The van der Waals surface area contributed by atoms with Gasteiger partial charge in [0.05, 0.1) is 12.4 Å². The molecule has 4 atom stereocenters. The predicted molar refractivity (Wildman–Crippen MR) is 97.2 cm³/mol. The Morgan fingerprint density at radius 1 is 1.12 bits per heavy atom. The lowest BCUT2D eigenvalue weighted by Crippen LogP contribution is -2.30. The van der Waals surface area contributed by atoms with Crippen LogP contribution in [0.15, 0.2) is 43.0 Å². The maximum atomic E-state index is 10.3. The number of anilines is 1. The average molecular weight is 357 g/mol. The molecule has 1 aliphatic heterocycles. The number of thioether (sulfide) groups is 1. The molecule has 4 rings (SSSR count). The summed E-state index contributed by atoms with van der Waals surface area (Å²) < 4.78 is 1.81. The van der Waals surface area contributed by atoms with Crippen molar-refractivity contribution in [2.24, 2.45) is 0 Å². The Labute approximate surface area is 149 Å². The lowest BCUT2D eigenvalue weighted by Gasteiger charge is -2.17. The summed E-state index contributed by atoms with van der Waals surface area (Å²) in [6.07, 6.45) is 1.52. The minimum absolute atomic E-state index is 0.0463. The minimum Gasteiger partial charge on any atom is -0.389 e. The van der Waals surface area contributed by atoms with E-state index in [0.29, 0.717) is 23.5 Å². The SMILES string of the molecule is C[C@@H]1S[C@H](n2cnc3c(NCc4ccccc4)ncnc32)[C@H](O)[C@@H]1O. The van der Waals surface area contributed by atoms with Gasteiger partial charge in [0.15, 0.2) is 11.5 Å². The van der Waals surface area contributed by atoms with Crippen LogP contribution >= 0.6 is 11.8 Å². The van der Waals surface area contributed by atoms with Crippen LogP contribution in [-0.4, -0.2) is 47.2 Å². The van der Waals surface area contributed by atoms with Crippen LogP contribution in [0.25, 0.3) is 11.2 Å². The third-order valence-electron chi connectivity index (χ3n) is 4.41. The van der Waals surface area contributed by atoms with Gasteiger partial charge in [0.1, 0.15) is 23.3 Å². The molecule has 0 amide bonds. The number of hydrogen-bond donors (Lipinski definition) is 3.